The van der Waals surface area contributed by atoms with Crippen molar-refractivity contribution in [2.24, 2.45) is 5.73 Å². The minimum atomic E-state index is -0.125. The number of H-pyrrole nitrogens is 1. The van der Waals surface area contributed by atoms with Crippen LogP contribution in [0.4, 0.5) is 0 Å². The van der Waals surface area contributed by atoms with Crippen LogP contribution in [-0.4, -0.2) is 21.7 Å². The number of nitrogens with two attached hydrogens (primary N) is 1. The van der Waals surface area contributed by atoms with Gasteiger partial charge in [0, 0.05) is 26.4 Å². The molecule has 0 aliphatic rings. The van der Waals surface area contributed by atoms with Crippen molar-refractivity contribution in [1.29, 1.82) is 0 Å². The molecular weight excluding hydrogens is 320 g/mol. The zero-order valence-corrected chi connectivity index (χ0v) is 14.8. The Balaban J connectivity index is 0.00000140. The molecule has 0 fully saturated rings. The highest BCUT2D eigenvalue weighted by atomic mass is 15.1. The van der Waals surface area contributed by atoms with Crippen LogP contribution < -0.4 is 5.73 Å². The van der Waals surface area contributed by atoms with Crippen LogP contribution in [0.25, 0.3) is 22.2 Å². The molecule has 2 heterocycles. The largest absolute Gasteiger partial charge is 0.330 e. The van der Waals surface area contributed by atoms with Crippen LogP contribution in [0, 0.1) is 0 Å². The molecule has 134 valence electrons. The summed E-state index contributed by atoms with van der Waals surface area (Å²) >= 11 is 0. The molecule has 1 atom stereocenters. The van der Waals surface area contributed by atoms with Crippen LogP contribution in [0.1, 0.15) is 20.9 Å². The lowest BCUT2D eigenvalue weighted by Gasteiger charge is -2.29. The van der Waals surface area contributed by atoms with Crippen LogP contribution in [0.5, 0.6) is 0 Å². The van der Waals surface area contributed by atoms with Crippen LogP contribution in [0.2, 0.25) is 0 Å². The van der Waals surface area contributed by atoms with Gasteiger partial charge in [-0.2, -0.15) is 5.10 Å². The third-order valence-electron chi connectivity index (χ3n) is 5.11. The van der Waals surface area contributed by atoms with Gasteiger partial charge in [-0.15, -0.1) is 0 Å². The van der Waals surface area contributed by atoms with Crippen molar-refractivity contribution in [3.63, 3.8) is 0 Å². The van der Waals surface area contributed by atoms with Crippen molar-refractivity contribution < 1.29 is 2.85 Å². The van der Waals surface area contributed by atoms with E-state index in [-0.39, 0.29) is 8.27 Å². The molecule has 0 saturated carbocycles. The van der Waals surface area contributed by atoms with Crippen molar-refractivity contribution in [1.82, 2.24) is 15.2 Å². The Morgan fingerprint density at radius 2 is 1.92 bits per heavy atom. The number of nitrogens with zero attached hydrogens (tertiary/aromatic N) is 2. The lowest BCUT2D eigenvalue weighted by Crippen LogP contribution is -2.34. The predicted molar refractivity (Wildman–Crippen MR) is 110 cm³/mol. The number of aromatic amines is 1. The summed E-state index contributed by atoms with van der Waals surface area (Å²) in [5.41, 5.74) is 11.7. The highest BCUT2D eigenvalue weighted by Gasteiger charge is 2.26. The second-order valence-corrected chi connectivity index (χ2v) is 7.00. The van der Waals surface area contributed by atoms with Gasteiger partial charge in [0.05, 0.1) is 6.20 Å². The standard InChI is InChI=1S/C22H22N4.2H2/c1-22(15-23,13-16-6-3-2-4-7-16)18-9-5-8-17(12-18)19-10-11-24-21-20(19)14-25-26-21;;/h2-12,14H,13,15,23H2,1H3,(H,24,25,26);2*1H. The van der Waals surface area contributed by atoms with E-state index in [4.69, 9.17) is 5.73 Å². The van der Waals surface area contributed by atoms with E-state index in [9.17, 15) is 0 Å². The molecule has 0 radical (unpaired) electrons. The first-order valence-corrected chi connectivity index (χ1v) is 8.83. The molecule has 0 aliphatic heterocycles. The Morgan fingerprint density at radius 3 is 2.73 bits per heavy atom. The molecule has 2 aromatic carbocycles. The number of hydrogen-bond donors (Lipinski definition) is 2. The fourth-order valence-electron chi connectivity index (χ4n) is 3.50. The molecule has 0 amide bonds. The fraction of sp³-hybridized carbons (Fsp3) is 0.182. The molecule has 0 aliphatic carbocycles. The molecule has 4 rings (SSSR count). The topological polar surface area (TPSA) is 67.6 Å². The molecule has 0 saturated heterocycles. The van der Waals surface area contributed by atoms with Crippen molar-refractivity contribution >= 4 is 11.0 Å². The number of hydrogen-bond acceptors (Lipinski definition) is 3. The average molecular weight is 346 g/mol. The van der Waals surface area contributed by atoms with Gasteiger partial charge in [-0.1, -0.05) is 61.5 Å². The Morgan fingerprint density at radius 1 is 1.08 bits per heavy atom. The molecule has 26 heavy (non-hydrogen) atoms. The summed E-state index contributed by atoms with van der Waals surface area (Å²) in [6, 6.07) is 21.2. The van der Waals surface area contributed by atoms with Crippen molar-refractivity contribution in [2.45, 2.75) is 18.8 Å². The van der Waals surface area contributed by atoms with Gasteiger partial charge in [0.2, 0.25) is 0 Å². The molecule has 4 heteroatoms. The number of pyridine rings is 1. The van der Waals surface area contributed by atoms with Crippen LogP contribution in [0.3, 0.4) is 0 Å². The quantitative estimate of drug-likeness (QED) is 0.556. The van der Waals surface area contributed by atoms with Gasteiger partial charge >= 0.3 is 0 Å². The van der Waals surface area contributed by atoms with E-state index in [0.717, 1.165) is 28.6 Å². The van der Waals surface area contributed by atoms with Gasteiger partial charge in [0.25, 0.3) is 0 Å². The molecule has 1 unspecified atom stereocenters. The van der Waals surface area contributed by atoms with Crippen LogP contribution in [0.15, 0.2) is 73.1 Å². The number of benzene rings is 2. The van der Waals surface area contributed by atoms with E-state index in [0.29, 0.717) is 6.54 Å². The third-order valence-corrected chi connectivity index (χ3v) is 5.11. The van der Waals surface area contributed by atoms with E-state index >= 15 is 0 Å². The third kappa shape index (κ3) is 3.00. The maximum Gasteiger partial charge on any atom is 0.155 e. The molecule has 2 aromatic heterocycles. The summed E-state index contributed by atoms with van der Waals surface area (Å²) in [5, 5.41) is 8.09. The molecular formula is C22H26N4. The average Bonchev–Trinajstić information content (AvgIpc) is 3.17. The van der Waals surface area contributed by atoms with E-state index < -0.39 is 0 Å². The number of aromatic nitrogens is 3. The number of rotatable bonds is 5. The minimum absolute atomic E-state index is 0. The lowest BCUT2D eigenvalue weighted by molar-refractivity contribution is 0.481. The zero-order chi connectivity index (χ0) is 18.0. The number of fused-ring (bicyclic) bond motifs is 1. The maximum atomic E-state index is 6.22. The molecule has 4 nitrogen and oxygen atoms in total. The SMILES string of the molecule is CC(CN)(Cc1ccccc1)c1cccc(-c2ccnc3[nH]ncc23)c1.[HH].[HH]. The van der Waals surface area contributed by atoms with Gasteiger partial charge in [-0.25, -0.2) is 4.98 Å². The Kier molecular flexibility index (Phi) is 4.27. The first-order chi connectivity index (χ1) is 12.7. The van der Waals surface area contributed by atoms with Gasteiger partial charge < -0.3 is 5.73 Å². The van der Waals surface area contributed by atoms with E-state index in [1.54, 1.807) is 0 Å². The highest BCUT2D eigenvalue weighted by molar-refractivity contribution is 5.92. The Hall–Kier alpha value is -2.98. The summed E-state index contributed by atoms with van der Waals surface area (Å²) in [6.45, 7) is 2.82. The predicted octanol–water partition coefficient (Wildman–Crippen LogP) is 4.58. The Labute approximate surface area is 156 Å². The van der Waals surface area contributed by atoms with Gasteiger partial charge in [0.1, 0.15) is 0 Å². The van der Waals surface area contributed by atoms with E-state index in [1.807, 2.05) is 24.5 Å². The molecule has 0 bridgehead atoms. The second-order valence-electron chi connectivity index (χ2n) is 7.00. The molecule has 0 spiro atoms. The maximum absolute atomic E-state index is 6.22. The lowest BCUT2D eigenvalue weighted by atomic mass is 9.76. The van der Waals surface area contributed by atoms with Crippen LogP contribution >= 0.6 is 0 Å². The summed E-state index contributed by atoms with van der Waals surface area (Å²) in [5.74, 6) is 0. The van der Waals surface area contributed by atoms with Crippen LogP contribution in [-0.2, 0) is 11.8 Å². The number of nitrogens with one attached hydrogen (secondary N) is 1. The summed E-state index contributed by atoms with van der Waals surface area (Å²) in [4.78, 5) is 4.33. The van der Waals surface area contributed by atoms with Gasteiger partial charge in [0.15, 0.2) is 5.65 Å². The van der Waals surface area contributed by atoms with E-state index in [1.165, 1.54) is 11.1 Å². The summed E-state index contributed by atoms with van der Waals surface area (Å²) < 4.78 is 0. The highest BCUT2D eigenvalue weighted by Crippen LogP contribution is 2.32. The summed E-state index contributed by atoms with van der Waals surface area (Å²) in [7, 11) is 0. The van der Waals surface area contributed by atoms with Crippen molar-refractivity contribution in [3.8, 4) is 11.1 Å². The summed E-state index contributed by atoms with van der Waals surface area (Å²) in [6.07, 6.45) is 4.55. The van der Waals surface area contributed by atoms with Gasteiger partial charge in [-0.05, 0) is 34.7 Å². The molecule has 3 N–H and O–H groups in total. The normalized spacial score (nSPS) is 13.6. The molecule has 4 aromatic rings. The van der Waals surface area contributed by atoms with Crippen molar-refractivity contribution in [3.05, 3.63) is 84.2 Å². The monoisotopic (exact) mass is 346 g/mol. The smallest absolute Gasteiger partial charge is 0.155 e. The minimum Gasteiger partial charge on any atom is -0.330 e. The van der Waals surface area contributed by atoms with Gasteiger partial charge in [-0.3, -0.25) is 5.10 Å². The fourth-order valence-corrected chi connectivity index (χ4v) is 3.50. The van der Waals surface area contributed by atoms with E-state index in [2.05, 4.69) is 70.6 Å². The zero-order valence-electron chi connectivity index (χ0n) is 14.8. The first-order valence-electron chi connectivity index (χ1n) is 8.83. The second kappa shape index (κ2) is 6.73. The van der Waals surface area contributed by atoms with Crippen molar-refractivity contribution in [2.75, 3.05) is 6.54 Å². The Bertz CT molecular complexity index is 1030. The first kappa shape index (κ1) is 16.5.